The summed E-state index contributed by atoms with van der Waals surface area (Å²) >= 11 is 11.8. The zero-order chi connectivity index (χ0) is 14.9. The van der Waals surface area contributed by atoms with Crippen LogP contribution in [0.2, 0.25) is 10.0 Å². The number of nitrogens with zero attached hydrogens (tertiary/aromatic N) is 2. The highest BCUT2D eigenvalue weighted by atomic mass is 35.5. The molecule has 0 aliphatic heterocycles. The number of nitrogen functional groups attached to an aromatic ring is 1. The van der Waals surface area contributed by atoms with Crippen LogP contribution in [0.1, 0.15) is 20.3 Å². The molecule has 0 amide bonds. The van der Waals surface area contributed by atoms with Gasteiger partial charge in [0.1, 0.15) is 11.5 Å². The third kappa shape index (κ3) is 3.25. The van der Waals surface area contributed by atoms with E-state index < -0.39 is 5.82 Å². The number of rotatable bonds is 4. The molecule has 0 bridgehead atoms. The fourth-order valence-corrected chi connectivity index (χ4v) is 2.33. The lowest BCUT2D eigenvalue weighted by Gasteiger charge is -2.05. The Kier molecular flexibility index (Phi) is 4.55. The van der Waals surface area contributed by atoms with Crippen molar-refractivity contribution < 1.29 is 4.39 Å². The Balaban J connectivity index is 2.36. The van der Waals surface area contributed by atoms with Crippen LogP contribution in [0.4, 0.5) is 10.1 Å². The van der Waals surface area contributed by atoms with Gasteiger partial charge in [-0.2, -0.15) is 5.10 Å². The van der Waals surface area contributed by atoms with Gasteiger partial charge in [-0.05, 0) is 24.5 Å². The molecular formula is C14H16Cl2FN3. The van der Waals surface area contributed by atoms with Crippen molar-refractivity contribution in [2.75, 3.05) is 5.73 Å². The molecule has 20 heavy (non-hydrogen) atoms. The summed E-state index contributed by atoms with van der Waals surface area (Å²) in [4.78, 5) is 0. The molecular weight excluding hydrogens is 300 g/mol. The quantitative estimate of drug-likeness (QED) is 0.836. The van der Waals surface area contributed by atoms with Gasteiger partial charge in [0.15, 0.2) is 0 Å². The fourth-order valence-electron chi connectivity index (χ4n) is 1.86. The van der Waals surface area contributed by atoms with Crippen LogP contribution in [0.25, 0.3) is 11.3 Å². The molecule has 0 spiro atoms. The molecule has 3 nitrogen and oxygen atoms in total. The summed E-state index contributed by atoms with van der Waals surface area (Å²) in [7, 11) is 0. The number of hydrogen-bond donors (Lipinski definition) is 1. The largest absolute Gasteiger partial charge is 0.396 e. The molecule has 0 fully saturated rings. The lowest BCUT2D eigenvalue weighted by molar-refractivity contribution is 0.488. The molecule has 0 unspecified atom stereocenters. The van der Waals surface area contributed by atoms with Crippen LogP contribution in [0.3, 0.4) is 0 Å². The van der Waals surface area contributed by atoms with Crippen LogP contribution >= 0.6 is 23.2 Å². The average Bonchev–Trinajstić information content (AvgIpc) is 2.72. The highest BCUT2D eigenvalue weighted by Gasteiger charge is 2.15. The van der Waals surface area contributed by atoms with E-state index in [4.69, 9.17) is 28.9 Å². The first-order valence-corrected chi connectivity index (χ1v) is 7.12. The second-order valence-electron chi connectivity index (χ2n) is 5.12. The second-order valence-corrected chi connectivity index (χ2v) is 5.94. The lowest BCUT2D eigenvalue weighted by Crippen LogP contribution is -2.02. The maximum Gasteiger partial charge on any atom is 0.142 e. The van der Waals surface area contributed by atoms with Crippen molar-refractivity contribution in [1.29, 1.82) is 0 Å². The summed E-state index contributed by atoms with van der Waals surface area (Å²) < 4.78 is 15.3. The van der Waals surface area contributed by atoms with Crippen LogP contribution < -0.4 is 5.73 Å². The zero-order valence-corrected chi connectivity index (χ0v) is 12.8. The standard InChI is InChI=1S/C14H16Cl2FN3/c1-8(2)3-4-20-7-13(18)14(19-20)9-5-12(17)11(16)6-10(9)15/h5-8H,3-4,18H2,1-2H3. The van der Waals surface area contributed by atoms with Crippen molar-refractivity contribution in [2.45, 2.75) is 26.8 Å². The summed E-state index contributed by atoms with van der Waals surface area (Å²) in [6.45, 7) is 5.04. The van der Waals surface area contributed by atoms with Crippen molar-refractivity contribution >= 4 is 28.9 Å². The first-order chi connectivity index (χ1) is 9.38. The minimum absolute atomic E-state index is 0.0171. The van der Waals surface area contributed by atoms with E-state index in [-0.39, 0.29) is 5.02 Å². The predicted molar refractivity (Wildman–Crippen MR) is 81.5 cm³/mol. The Labute approximate surface area is 127 Å². The predicted octanol–water partition coefficient (Wildman–Crippen LogP) is 4.62. The van der Waals surface area contributed by atoms with Gasteiger partial charge in [0.05, 0.1) is 15.7 Å². The summed E-state index contributed by atoms with van der Waals surface area (Å²) in [6, 6.07) is 2.62. The molecule has 0 aliphatic rings. The summed E-state index contributed by atoms with van der Waals surface area (Å²) in [6.07, 6.45) is 2.73. The molecule has 2 rings (SSSR count). The minimum Gasteiger partial charge on any atom is -0.396 e. The first kappa shape index (κ1) is 15.1. The van der Waals surface area contributed by atoms with E-state index in [0.29, 0.717) is 27.9 Å². The van der Waals surface area contributed by atoms with Crippen LogP contribution in [0, 0.1) is 11.7 Å². The average molecular weight is 316 g/mol. The van der Waals surface area contributed by atoms with Gasteiger partial charge < -0.3 is 5.73 Å². The van der Waals surface area contributed by atoms with Gasteiger partial charge in [-0.25, -0.2) is 4.39 Å². The van der Waals surface area contributed by atoms with Gasteiger partial charge in [-0.1, -0.05) is 37.0 Å². The number of halogens is 3. The zero-order valence-electron chi connectivity index (χ0n) is 11.3. The van der Waals surface area contributed by atoms with Crippen LogP contribution in [-0.2, 0) is 6.54 Å². The van der Waals surface area contributed by atoms with E-state index in [9.17, 15) is 4.39 Å². The van der Waals surface area contributed by atoms with E-state index in [1.54, 1.807) is 10.9 Å². The Morgan fingerprint density at radius 3 is 2.65 bits per heavy atom. The molecule has 6 heteroatoms. The van der Waals surface area contributed by atoms with E-state index >= 15 is 0 Å². The molecule has 1 aromatic heterocycles. The Hall–Kier alpha value is -1.26. The SMILES string of the molecule is CC(C)CCn1cc(N)c(-c2cc(F)c(Cl)cc2Cl)n1. The number of benzene rings is 1. The third-order valence-corrected chi connectivity index (χ3v) is 3.59. The van der Waals surface area contributed by atoms with Crippen molar-refractivity contribution in [3.05, 3.63) is 34.2 Å². The highest BCUT2D eigenvalue weighted by molar-refractivity contribution is 6.36. The van der Waals surface area contributed by atoms with Crippen LogP contribution in [0.15, 0.2) is 18.3 Å². The fraction of sp³-hybridized carbons (Fsp3) is 0.357. The van der Waals surface area contributed by atoms with Gasteiger partial charge in [0, 0.05) is 18.3 Å². The Morgan fingerprint density at radius 1 is 1.30 bits per heavy atom. The van der Waals surface area contributed by atoms with Crippen molar-refractivity contribution in [3.63, 3.8) is 0 Å². The van der Waals surface area contributed by atoms with Crippen LogP contribution in [-0.4, -0.2) is 9.78 Å². The van der Waals surface area contributed by atoms with Crippen molar-refractivity contribution in [2.24, 2.45) is 5.92 Å². The maximum absolute atomic E-state index is 13.6. The van der Waals surface area contributed by atoms with Gasteiger partial charge in [0.2, 0.25) is 0 Å². The Morgan fingerprint density at radius 2 is 2.00 bits per heavy atom. The highest BCUT2D eigenvalue weighted by Crippen LogP contribution is 2.34. The molecule has 2 aromatic rings. The number of aromatic nitrogens is 2. The van der Waals surface area contributed by atoms with E-state index in [2.05, 4.69) is 18.9 Å². The maximum atomic E-state index is 13.6. The lowest BCUT2D eigenvalue weighted by atomic mass is 10.1. The van der Waals surface area contributed by atoms with Crippen molar-refractivity contribution in [3.8, 4) is 11.3 Å². The molecule has 0 saturated carbocycles. The van der Waals surface area contributed by atoms with E-state index in [1.165, 1.54) is 12.1 Å². The van der Waals surface area contributed by atoms with E-state index in [1.807, 2.05) is 0 Å². The van der Waals surface area contributed by atoms with Gasteiger partial charge in [-0.3, -0.25) is 4.68 Å². The third-order valence-electron chi connectivity index (χ3n) is 2.99. The molecule has 0 radical (unpaired) electrons. The smallest absolute Gasteiger partial charge is 0.142 e. The molecule has 2 N–H and O–H groups in total. The first-order valence-electron chi connectivity index (χ1n) is 6.36. The summed E-state index contributed by atoms with van der Waals surface area (Å²) in [5.41, 5.74) is 7.34. The molecule has 0 aliphatic carbocycles. The Bertz CT molecular complexity index is 623. The summed E-state index contributed by atoms with van der Waals surface area (Å²) in [5.74, 6) is 0.0302. The molecule has 108 valence electrons. The topological polar surface area (TPSA) is 43.8 Å². The molecule has 1 heterocycles. The number of aryl methyl sites for hydroxylation is 1. The molecule has 0 atom stereocenters. The monoisotopic (exact) mass is 315 g/mol. The van der Waals surface area contributed by atoms with Crippen LogP contribution in [0.5, 0.6) is 0 Å². The normalized spacial score (nSPS) is 11.3. The number of anilines is 1. The number of nitrogens with two attached hydrogens (primary N) is 1. The van der Waals surface area contributed by atoms with Crippen molar-refractivity contribution in [1.82, 2.24) is 9.78 Å². The van der Waals surface area contributed by atoms with Gasteiger partial charge >= 0.3 is 0 Å². The molecule has 0 saturated heterocycles. The molecule has 1 aromatic carbocycles. The van der Waals surface area contributed by atoms with E-state index in [0.717, 1.165) is 13.0 Å². The minimum atomic E-state index is -0.540. The summed E-state index contributed by atoms with van der Waals surface area (Å²) in [5, 5.41) is 4.69. The van der Waals surface area contributed by atoms with Gasteiger partial charge in [0.25, 0.3) is 0 Å². The second kappa shape index (κ2) is 6.02. The van der Waals surface area contributed by atoms with Gasteiger partial charge in [-0.15, -0.1) is 0 Å². The number of hydrogen-bond acceptors (Lipinski definition) is 2.